The van der Waals surface area contributed by atoms with Gasteiger partial charge in [0.25, 0.3) is 0 Å². The number of amides is 4. The van der Waals surface area contributed by atoms with Gasteiger partial charge in [-0.15, -0.1) is 0 Å². The minimum absolute atomic E-state index is 0.0457. The van der Waals surface area contributed by atoms with Gasteiger partial charge in [-0.25, -0.2) is 4.79 Å². The highest BCUT2D eigenvalue weighted by molar-refractivity contribution is 5.92. The summed E-state index contributed by atoms with van der Waals surface area (Å²) in [5.41, 5.74) is 4.80. The Morgan fingerprint density at radius 1 is 1.28 bits per heavy atom. The summed E-state index contributed by atoms with van der Waals surface area (Å²) in [5, 5.41) is 15.9. The molecule has 0 aromatic rings. The number of aliphatic hydroxyl groups excluding tert-OH is 1. The number of hydrogen-bond donors (Lipinski definition) is 4. The number of hydrogen-bond acceptors (Lipinski definition) is 6. The minimum atomic E-state index is -1.03. The average molecular weight is 453 g/mol. The van der Waals surface area contributed by atoms with E-state index < -0.39 is 47.6 Å². The number of likely N-dealkylation sites (tertiary alicyclic amines) is 1. The zero-order valence-electron chi connectivity index (χ0n) is 19.3. The summed E-state index contributed by atoms with van der Waals surface area (Å²) in [6.07, 6.45) is 0.817. The van der Waals surface area contributed by atoms with Crippen molar-refractivity contribution in [3.63, 3.8) is 0 Å². The van der Waals surface area contributed by atoms with Gasteiger partial charge in [-0.3, -0.25) is 19.3 Å². The molecule has 0 spiro atoms. The predicted octanol–water partition coefficient (Wildman–Crippen LogP) is 0.125. The molecular formula is C22H36N4O6. The van der Waals surface area contributed by atoms with Crippen LogP contribution in [-0.4, -0.2) is 70.7 Å². The third kappa shape index (κ3) is 5.16. The van der Waals surface area contributed by atoms with E-state index in [1.165, 1.54) is 4.90 Å². The van der Waals surface area contributed by atoms with Crippen LogP contribution >= 0.6 is 0 Å². The molecule has 0 bridgehead atoms. The Balaban J connectivity index is 1.82. The lowest BCUT2D eigenvalue weighted by Gasteiger charge is -2.38. The van der Waals surface area contributed by atoms with Crippen molar-refractivity contribution in [1.82, 2.24) is 15.5 Å². The van der Waals surface area contributed by atoms with Crippen LogP contribution in [0.1, 0.15) is 53.4 Å². The van der Waals surface area contributed by atoms with Gasteiger partial charge in [0.15, 0.2) is 0 Å². The Labute approximate surface area is 188 Å². The fourth-order valence-corrected chi connectivity index (χ4v) is 5.34. The molecule has 32 heavy (non-hydrogen) atoms. The number of rotatable bonds is 5. The highest BCUT2D eigenvalue weighted by Crippen LogP contribution is 2.44. The van der Waals surface area contributed by atoms with E-state index in [1.54, 1.807) is 20.8 Å². The number of ether oxygens (including phenoxy) is 1. The lowest BCUT2D eigenvalue weighted by molar-refractivity contribution is -0.133. The van der Waals surface area contributed by atoms with E-state index in [0.717, 1.165) is 0 Å². The number of fused-ring (bicyclic) bond motifs is 1. The van der Waals surface area contributed by atoms with Crippen molar-refractivity contribution in [2.45, 2.75) is 77.2 Å². The average Bonchev–Trinajstić information content (AvgIpc) is 3.26. The van der Waals surface area contributed by atoms with Crippen molar-refractivity contribution in [2.24, 2.45) is 29.4 Å². The van der Waals surface area contributed by atoms with Crippen molar-refractivity contribution in [1.29, 1.82) is 0 Å². The molecule has 10 heteroatoms. The van der Waals surface area contributed by atoms with Gasteiger partial charge in [0, 0.05) is 19.0 Å². The third-order valence-electron chi connectivity index (χ3n) is 6.96. The number of nitrogens with zero attached hydrogens (tertiary/aromatic N) is 1. The highest BCUT2D eigenvalue weighted by Gasteiger charge is 2.54. The molecule has 7 atom stereocenters. The smallest absolute Gasteiger partial charge is 0.410 e. The number of nitrogens with two attached hydrogens (primary N) is 1. The van der Waals surface area contributed by atoms with Gasteiger partial charge in [-0.2, -0.15) is 0 Å². The van der Waals surface area contributed by atoms with Gasteiger partial charge < -0.3 is 26.2 Å². The van der Waals surface area contributed by atoms with Gasteiger partial charge >= 0.3 is 6.09 Å². The molecule has 0 unspecified atom stereocenters. The Kier molecular flexibility index (Phi) is 7.02. The summed E-state index contributed by atoms with van der Waals surface area (Å²) in [4.78, 5) is 51.9. The maximum atomic E-state index is 13.5. The Morgan fingerprint density at radius 3 is 2.53 bits per heavy atom. The monoisotopic (exact) mass is 452 g/mol. The topological polar surface area (TPSA) is 151 Å². The van der Waals surface area contributed by atoms with E-state index in [0.29, 0.717) is 32.4 Å². The van der Waals surface area contributed by atoms with E-state index in [4.69, 9.17) is 10.5 Å². The molecule has 3 rings (SSSR count). The maximum Gasteiger partial charge on any atom is 0.410 e. The molecule has 4 amide bonds. The summed E-state index contributed by atoms with van der Waals surface area (Å²) >= 11 is 0. The molecule has 3 aliphatic rings. The number of carbonyl (C=O) groups excluding carboxylic acids is 4. The van der Waals surface area contributed by atoms with Crippen molar-refractivity contribution < 1.29 is 29.0 Å². The molecule has 3 fully saturated rings. The van der Waals surface area contributed by atoms with E-state index in [9.17, 15) is 24.3 Å². The normalized spacial score (nSPS) is 33.3. The molecule has 0 aromatic heterocycles. The number of primary amides is 1. The van der Waals surface area contributed by atoms with Gasteiger partial charge in [-0.1, -0.05) is 6.92 Å². The molecule has 2 heterocycles. The molecule has 0 aromatic carbocycles. The van der Waals surface area contributed by atoms with Crippen LogP contribution in [0.5, 0.6) is 0 Å². The van der Waals surface area contributed by atoms with Crippen LogP contribution < -0.4 is 16.4 Å². The Morgan fingerprint density at radius 2 is 1.97 bits per heavy atom. The van der Waals surface area contributed by atoms with Crippen LogP contribution in [0.3, 0.4) is 0 Å². The lowest BCUT2D eigenvalue weighted by Crippen LogP contribution is -2.56. The molecule has 1 aliphatic carbocycles. The predicted molar refractivity (Wildman–Crippen MR) is 115 cm³/mol. The summed E-state index contributed by atoms with van der Waals surface area (Å²) in [5.74, 6) is -2.23. The van der Waals surface area contributed by atoms with E-state index in [-0.39, 0.29) is 30.1 Å². The first-order valence-electron chi connectivity index (χ1n) is 11.4. The second-order valence-electron chi connectivity index (χ2n) is 10.4. The molecule has 1 saturated carbocycles. The first-order valence-corrected chi connectivity index (χ1v) is 11.4. The lowest BCUT2D eigenvalue weighted by atomic mass is 9.70. The fraction of sp³-hybridized carbons (Fsp3) is 0.818. The van der Waals surface area contributed by atoms with Gasteiger partial charge in [0.05, 0.1) is 6.10 Å². The van der Waals surface area contributed by atoms with Gasteiger partial charge in [0.2, 0.25) is 17.7 Å². The van der Waals surface area contributed by atoms with Gasteiger partial charge in [0.1, 0.15) is 17.7 Å². The van der Waals surface area contributed by atoms with Crippen LogP contribution in [0, 0.1) is 23.7 Å². The summed E-state index contributed by atoms with van der Waals surface area (Å²) in [6.45, 7) is 8.02. The molecule has 180 valence electrons. The number of nitrogens with one attached hydrogen (secondary N) is 2. The largest absolute Gasteiger partial charge is 0.444 e. The third-order valence-corrected chi connectivity index (χ3v) is 6.96. The fourth-order valence-electron chi connectivity index (χ4n) is 5.34. The summed E-state index contributed by atoms with van der Waals surface area (Å²) in [6, 6.07) is -1.92. The van der Waals surface area contributed by atoms with Gasteiger partial charge in [-0.05, 0) is 64.2 Å². The SMILES string of the molecule is C[C@H]1[C@H]2[C@@H](CC[C@H]1O)CN(C(=O)OC(C)(C)C)[C@@H]2C(=O)N[C@@H](C[C@@H]1CCNC1=O)C(N)=O. The van der Waals surface area contributed by atoms with Crippen LogP contribution in [0.2, 0.25) is 0 Å². The molecular weight excluding hydrogens is 416 g/mol. The van der Waals surface area contributed by atoms with E-state index >= 15 is 0 Å². The second-order valence-corrected chi connectivity index (χ2v) is 10.4. The molecule has 5 N–H and O–H groups in total. The minimum Gasteiger partial charge on any atom is -0.444 e. The number of aliphatic hydroxyl groups is 1. The molecule has 0 radical (unpaired) electrons. The number of carbonyl (C=O) groups is 4. The highest BCUT2D eigenvalue weighted by atomic mass is 16.6. The van der Waals surface area contributed by atoms with Crippen LogP contribution in [0.15, 0.2) is 0 Å². The standard InChI is InChI=1S/C22H36N4O6/c1-11-15(27)6-5-13-10-26(21(31)32-22(2,3)4)17(16(11)13)20(30)25-14(18(23)28)9-12-7-8-24-19(12)29/h11-17,27H,5-10H2,1-4H3,(H2,23,28)(H,24,29)(H,25,30)/t11-,12+,13+,14+,15-,16+,17+/m1/s1. The first-order chi connectivity index (χ1) is 14.9. The van der Waals surface area contributed by atoms with Crippen molar-refractivity contribution >= 4 is 23.8 Å². The second kappa shape index (κ2) is 9.25. The molecule has 10 nitrogen and oxygen atoms in total. The van der Waals surface area contributed by atoms with Crippen LogP contribution in [-0.2, 0) is 19.1 Å². The molecule has 2 saturated heterocycles. The van der Waals surface area contributed by atoms with Crippen molar-refractivity contribution in [2.75, 3.05) is 13.1 Å². The summed E-state index contributed by atoms with van der Waals surface area (Å²) < 4.78 is 5.54. The van der Waals surface area contributed by atoms with Crippen molar-refractivity contribution in [3.05, 3.63) is 0 Å². The van der Waals surface area contributed by atoms with E-state index in [1.807, 2.05) is 6.92 Å². The zero-order valence-corrected chi connectivity index (χ0v) is 19.3. The Hall–Kier alpha value is -2.36. The maximum absolute atomic E-state index is 13.5. The summed E-state index contributed by atoms with van der Waals surface area (Å²) in [7, 11) is 0. The Bertz CT molecular complexity index is 766. The molecule has 2 aliphatic heterocycles. The van der Waals surface area contributed by atoms with Crippen LogP contribution in [0.25, 0.3) is 0 Å². The van der Waals surface area contributed by atoms with Crippen LogP contribution in [0.4, 0.5) is 4.79 Å². The first kappa shape index (κ1) is 24.3. The van der Waals surface area contributed by atoms with E-state index in [2.05, 4.69) is 10.6 Å². The zero-order chi connectivity index (χ0) is 23.8. The van der Waals surface area contributed by atoms with Crippen molar-refractivity contribution in [3.8, 4) is 0 Å². The quantitative estimate of drug-likeness (QED) is 0.465.